The molecule has 1 aromatic carbocycles. The SMILES string of the molecule is CCNC(C)c1ccc(Br)cc1SCC(C)CC. The van der Waals surface area contributed by atoms with Crippen LogP contribution in [0.2, 0.25) is 0 Å². The van der Waals surface area contributed by atoms with Crippen LogP contribution in [-0.4, -0.2) is 12.3 Å². The maximum Gasteiger partial charge on any atom is 0.0302 e. The molecular weight excluding hydrogens is 306 g/mol. The average Bonchev–Trinajstić information content (AvgIpc) is 2.36. The quantitative estimate of drug-likeness (QED) is 0.685. The maximum atomic E-state index is 3.57. The number of benzene rings is 1. The summed E-state index contributed by atoms with van der Waals surface area (Å²) in [5, 5.41) is 3.49. The van der Waals surface area contributed by atoms with Gasteiger partial charge in [0.2, 0.25) is 0 Å². The van der Waals surface area contributed by atoms with Crippen molar-refractivity contribution in [3.05, 3.63) is 28.2 Å². The highest BCUT2D eigenvalue weighted by molar-refractivity contribution is 9.10. The van der Waals surface area contributed by atoms with Crippen molar-refractivity contribution in [3.8, 4) is 0 Å². The molecule has 0 radical (unpaired) electrons. The van der Waals surface area contributed by atoms with Crippen molar-refractivity contribution in [3.63, 3.8) is 0 Å². The molecule has 2 atom stereocenters. The number of hydrogen-bond acceptors (Lipinski definition) is 2. The monoisotopic (exact) mass is 329 g/mol. The van der Waals surface area contributed by atoms with Gasteiger partial charge in [-0.15, -0.1) is 11.8 Å². The first-order valence-corrected chi connectivity index (χ1v) is 8.51. The van der Waals surface area contributed by atoms with Crippen LogP contribution in [0.15, 0.2) is 27.6 Å². The molecule has 0 fully saturated rings. The van der Waals surface area contributed by atoms with E-state index in [4.69, 9.17) is 0 Å². The van der Waals surface area contributed by atoms with Gasteiger partial charge < -0.3 is 5.32 Å². The van der Waals surface area contributed by atoms with Crippen LogP contribution in [0.5, 0.6) is 0 Å². The van der Waals surface area contributed by atoms with Gasteiger partial charge in [-0.2, -0.15) is 0 Å². The van der Waals surface area contributed by atoms with Crippen molar-refractivity contribution >= 4 is 27.7 Å². The second-order valence-electron chi connectivity index (χ2n) is 4.79. The molecule has 3 heteroatoms. The van der Waals surface area contributed by atoms with Crippen molar-refractivity contribution in [1.29, 1.82) is 0 Å². The summed E-state index contributed by atoms with van der Waals surface area (Å²) in [4.78, 5) is 1.40. The first kappa shape index (κ1) is 16.1. The molecule has 0 heterocycles. The third kappa shape index (κ3) is 4.94. The molecule has 0 amide bonds. The minimum Gasteiger partial charge on any atom is -0.310 e. The van der Waals surface area contributed by atoms with E-state index >= 15 is 0 Å². The van der Waals surface area contributed by atoms with E-state index in [1.165, 1.54) is 27.1 Å². The normalized spacial score (nSPS) is 14.5. The molecule has 18 heavy (non-hydrogen) atoms. The highest BCUT2D eigenvalue weighted by Crippen LogP contribution is 2.32. The standard InChI is InChI=1S/C15H24BrNS/c1-5-11(3)10-18-15-9-13(16)7-8-14(15)12(4)17-6-2/h7-9,11-12,17H,5-6,10H2,1-4H3. The van der Waals surface area contributed by atoms with Crippen molar-refractivity contribution in [1.82, 2.24) is 5.32 Å². The van der Waals surface area contributed by atoms with Gasteiger partial charge in [-0.05, 0) is 37.1 Å². The summed E-state index contributed by atoms with van der Waals surface area (Å²) in [5.41, 5.74) is 1.41. The molecule has 1 rings (SSSR count). The summed E-state index contributed by atoms with van der Waals surface area (Å²) >= 11 is 5.55. The molecule has 0 aromatic heterocycles. The molecule has 1 nitrogen and oxygen atoms in total. The number of halogens is 1. The number of thioether (sulfide) groups is 1. The molecule has 0 bridgehead atoms. The van der Waals surface area contributed by atoms with E-state index in [-0.39, 0.29) is 0 Å². The smallest absolute Gasteiger partial charge is 0.0302 e. The van der Waals surface area contributed by atoms with Gasteiger partial charge in [-0.3, -0.25) is 0 Å². The Bertz CT molecular complexity index is 368. The van der Waals surface area contributed by atoms with E-state index in [0.29, 0.717) is 6.04 Å². The number of nitrogens with one attached hydrogen (secondary N) is 1. The predicted octanol–water partition coefficient (Wildman–Crippen LogP) is 5.26. The van der Waals surface area contributed by atoms with Crippen LogP contribution in [0.3, 0.4) is 0 Å². The lowest BCUT2D eigenvalue weighted by Crippen LogP contribution is -2.18. The van der Waals surface area contributed by atoms with E-state index in [9.17, 15) is 0 Å². The fourth-order valence-corrected chi connectivity index (χ4v) is 3.59. The van der Waals surface area contributed by atoms with Gasteiger partial charge in [0, 0.05) is 21.2 Å². The maximum absolute atomic E-state index is 3.57. The van der Waals surface area contributed by atoms with E-state index in [0.717, 1.165) is 12.5 Å². The Balaban J connectivity index is 2.82. The van der Waals surface area contributed by atoms with E-state index in [2.05, 4.69) is 67.1 Å². The zero-order chi connectivity index (χ0) is 13.5. The van der Waals surface area contributed by atoms with Gasteiger partial charge in [-0.25, -0.2) is 0 Å². The minimum absolute atomic E-state index is 0.419. The zero-order valence-electron chi connectivity index (χ0n) is 11.8. The predicted molar refractivity (Wildman–Crippen MR) is 86.4 cm³/mol. The Hall–Kier alpha value is 0.01000. The van der Waals surface area contributed by atoms with Crippen molar-refractivity contribution in [2.75, 3.05) is 12.3 Å². The van der Waals surface area contributed by atoms with Crippen LogP contribution in [-0.2, 0) is 0 Å². The fraction of sp³-hybridized carbons (Fsp3) is 0.600. The third-order valence-electron chi connectivity index (χ3n) is 3.17. The molecule has 0 aliphatic rings. The Morgan fingerprint density at radius 1 is 1.28 bits per heavy atom. The summed E-state index contributed by atoms with van der Waals surface area (Å²) in [6.45, 7) is 9.97. The van der Waals surface area contributed by atoms with Crippen molar-refractivity contribution in [2.45, 2.75) is 45.1 Å². The van der Waals surface area contributed by atoms with Crippen molar-refractivity contribution in [2.24, 2.45) is 5.92 Å². The minimum atomic E-state index is 0.419. The summed E-state index contributed by atoms with van der Waals surface area (Å²) in [5.74, 6) is 1.97. The lowest BCUT2D eigenvalue weighted by molar-refractivity contribution is 0.589. The van der Waals surface area contributed by atoms with Crippen molar-refractivity contribution < 1.29 is 0 Å². The lowest BCUT2D eigenvalue weighted by Gasteiger charge is -2.18. The van der Waals surface area contributed by atoms with Crippen LogP contribution < -0.4 is 5.32 Å². The molecule has 0 aliphatic carbocycles. The molecule has 0 spiro atoms. The summed E-state index contributed by atoms with van der Waals surface area (Å²) in [6, 6.07) is 7.03. The van der Waals surface area contributed by atoms with E-state index in [1.54, 1.807) is 0 Å². The Kier molecular flexibility index (Phi) is 7.35. The van der Waals surface area contributed by atoms with Crippen LogP contribution in [0.1, 0.15) is 45.7 Å². The summed E-state index contributed by atoms with van der Waals surface area (Å²) < 4.78 is 1.17. The van der Waals surface area contributed by atoms with Gasteiger partial charge in [0.1, 0.15) is 0 Å². The first-order chi connectivity index (χ1) is 8.58. The third-order valence-corrected chi connectivity index (χ3v) is 5.07. The molecule has 1 aromatic rings. The lowest BCUT2D eigenvalue weighted by atomic mass is 10.1. The fourth-order valence-electron chi connectivity index (χ4n) is 1.76. The topological polar surface area (TPSA) is 12.0 Å². The number of rotatable bonds is 7. The molecule has 0 aliphatic heterocycles. The molecule has 2 unspecified atom stereocenters. The number of hydrogen-bond donors (Lipinski definition) is 1. The molecule has 1 N–H and O–H groups in total. The van der Waals surface area contributed by atoms with Crippen LogP contribution in [0, 0.1) is 5.92 Å². The Morgan fingerprint density at radius 3 is 2.61 bits per heavy atom. The first-order valence-electron chi connectivity index (χ1n) is 6.74. The second-order valence-corrected chi connectivity index (χ2v) is 6.76. The van der Waals surface area contributed by atoms with Crippen LogP contribution in [0.4, 0.5) is 0 Å². The van der Waals surface area contributed by atoms with Gasteiger partial charge in [0.25, 0.3) is 0 Å². The highest BCUT2D eigenvalue weighted by atomic mass is 79.9. The summed E-state index contributed by atoms with van der Waals surface area (Å²) in [7, 11) is 0. The largest absolute Gasteiger partial charge is 0.310 e. The van der Waals surface area contributed by atoms with Gasteiger partial charge >= 0.3 is 0 Å². The zero-order valence-corrected chi connectivity index (χ0v) is 14.2. The average molecular weight is 330 g/mol. The van der Waals surface area contributed by atoms with Crippen LogP contribution in [0.25, 0.3) is 0 Å². The van der Waals surface area contributed by atoms with Crippen LogP contribution >= 0.6 is 27.7 Å². The molecule has 102 valence electrons. The van der Waals surface area contributed by atoms with E-state index < -0.39 is 0 Å². The molecule has 0 saturated heterocycles. The Morgan fingerprint density at radius 2 is 2.00 bits per heavy atom. The molecule has 0 saturated carbocycles. The Labute approximate surface area is 124 Å². The summed E-state index contributed by atoms with van der Waals surface area (Å²) in [6.07, 6.45) is 1.25. The highest BCUT2D eigenvalue weighted by Gasteiger charge is 2.11. The molecular formula is C15H24BrNS. The van der Waals surface area contributed by atoms with Gasteiger partial charge in [0.15, 0.2) is 0 Å². The van der Waals surface area contributed by atoms with E-state index in [1.807, 2.05) is 11.8 Å². The van der Waals surface area contributed by atoms with Gasteiger partial charge in [-0.1, -0.05) is 49.2 Å². The second kappa shape index (κ2) is 8.23. The van der Waals surface area contributed by atoms with Gasteiger partial charge in [0.05, 0.1) is 0 Å².